The summed E-state index contributed by atoms with van der Waals surface area (Å²) in [6, 6.07) is 6.24. The third kappa shape index (κ3) is 2.85. The van der Waals surface area contributed by atoms with Crippen molar-refractivity contribution in [2.75, 3.05) is 0 Å². The highest BCUT2D eigenvalue weighted by atomic mass is 16.5. The fourth-order valence-electron chi connectivity index (χ4n) is 1.71. The van der Waals surface area contributed by atoms with Gasteiger partial charge >= 0.3 is 5.97 Å². The Labute approximate surface area is 109 Å². The van der Waals surface area contributed by atoms with Crippen LogP contribution < -0.4 is 4.74 Å². The largest absolute Gasteiger partial charge is 0.508 e. The molecule has 0 radical (unpaired) electrons. The van der Waals surface area contributed by atoms with Crippen molar-refractivity contribution >= 4 is 5.97 Å². The predicted octanol–water partition coefficient (Wildman–Crippen LogP) is 1.89. The van der Waals surface area contributed by atoms with E-state index in [0.717, 1.165) is 0 Å². The van der Waals surface area contributed by atoms with Crippen molar-refractivity contribution in [2.45, 2.75) is 20.1 Å². The van der Waals surface area contributed by atoms with Crippen LogP contribution in [0.5, 0.6) is 11.5 Å². The molecule has 0 aliphatic rings. The van der Waals surface area contributed by atoms with Crippen LogP contribution in [-0.2, 0) is 13.2 Å². The van der Waals surface area contributed by atoms with Crippen molar-refractivity contribution in [3.05, 3.63) is 41.7 Å². The van der Waals surface area contributed by atoms with Crippen LogP contribution in [0.1, 0.15) is 23.0 Å². The minimum absolute atomic E-state index is 0.111. The topological polar surface area (TPSA) is 84.6 Å². The van der Waals surface area contributed by atoms with Gasteiger partial charge in [0, 0.05) is 6.54 Å². The number of aromatic carboxylic acids is 1. The fraction of sp³-hybridized carbons (Fsp3) is 0.231. The van der Waals surface area contributed by atoms with Gasteiger partial charge in [0.1, 0.15) is 23.7 Å². The summed E-state index contributed by atoms with van der Waals surface area (Å²) >= 11 is 0. The van der Waals surface area contributed by atoms with E-state index in [1.54, 1.807) is 16.8 Å². The molecule has 0 saturated heterocycles. The molecule has 1 aromatic carbocycles. The number of carboxylic acids is 1. The van der Waals surface area contributed by atoms with E-state index < -0.39 is 5.97 Å². The quantitative estimate of drug-likeness (QED) is 0.859. The lowest BCUT2D eigenvalue weighted by molar-refractivity contribution is 0.0693. The second kappa shape index (κ2) is 5.43. The van der Waals surface area contributed by atoms with E-state index in [4.69, 9.17) is 14.9 Å². The third-order valence-electron chi connectivity index (χ3n) is 2.69. The molecule has 100 valence electrons. The van der Waals surface area contributed by atoms with Crippen LogP contribution in [0, 0.1) is 0 Å². The molecule has 0 amide bonds. The first-order chi connectivity index (χ1) is 9.11. The molecule has 19 heavy (non-hydrogen) atoms. The molecule has 0 spiro atoms. The highest BCUT2D eigenvalue weighted by Crippen LogP contribution is 2.18. The summed E-state index contributed by atoms with van der Waals surface area (Å²) in [5.74, 6) is -0.320. The number of phenolic OH excluding ortho intramolecular Hbond substituents is 1. The highest BCUT2D eigenvalue weighted by Gasteiger charge is 2.16. The number of aromatic hydroxyl groups is 1. The Hall–Kier alpha value is -2.50. The Balaban J connectivity index is 2.16. The van der Waals surface area contributed by atoms with Crippen molar-refractivity contribution in [2.24, 2.45) is 0 Å². The van der Waals surface area contributed by atoms with Crippen LogP contribution in [0.25, 0.3) is 0 Å². The molecule has 1 heterocycles. The molecule has 0 unspecified atom stereocenters. The lowest BCUT2D eigenvalue weighted by atomic mass is 10.2. The van der Waals surface area contributed by atoms with Gasteiger partial charge in [-0.05, 0) is 31.2 Å². The highest BCUT2D eigenvalue weighted by molar-refractivity contribution is 5.88. The minimum atomic E-state index is -1.02. The number of hydrogen-bond acceptors (Lipinski definition) is 4. The Morgan fingerprint density at radius 1 is 1.37 bits per heavy atom. The lowest BCUT2D eigenvalue weighted by Crippen LogP contribution is -2.10. The number of carbonyl (C=O) groups is 1. The van der Waals surface area contributed by atoms with Crippen LogP contribution in [0.4, 0.5) is 0 Å². The van der Waals surface area contributed by atoms with Crippen molar-refractivity contribution in [3.8, 4) is 11.5 Å². The van der Waals surface area contributed by atoms with E-state index in [0.29, 0.717) is 18.0 Å². The average Bonchev–Trinajstić information content (AvgIpc) is 2.81. The molecule has 6 heteroatoms. The second-order valence-electron chi connectivity index (χ2n) is 3.91. The Bertz CT molecular complexity index is 575. The summed E-state index contributed by atoms with van der Waals surface area (Å²) in [4.78, 5) is 11.1. The van der Waals surface area contributed by atoms with E-state index in [2.05, 4.69) is 5.10 Å². The summed E-state index contributed by atoms with van der Waals surface area (Å²) in [6.45, 7) is 2.56. The number of benzene rings is 1. The number of phenols is 1. The zero-order valence-corrected chi connectivity index (χ0v) is 10.4. The maximum absolute atomic E-state index is 11.1. The summed E-state index contributed by atoms with van der Waals surface area (Å²) in [5, 5.41) is 22.2. The van der Waals surface area contributed by atoms with Gasteiger partial charge in [-0.1, -0.05) is 0 Å². The Morgan fingerprint density at radius 2 is 2.05 bits per heavy atom. The van der Waals surface area contributed by atoms with E-state index >= 15 is 0 Å². The molecule has 6 nitrogen and oxygen atoms in total. The van der Waals surface area contributed by atoms with Crippen LogP contribution in [0.2, 0.25) is 0 Å². The van der Waals surface area contributed by atoms with Gasteiger partial charge in [0.2, 0.25) is 0 Å². The number of nitrogens with zero attached hydrogens (tertiary/aromatic N) is 2. The molecule has 2 rings (SSSR count). The first-order valence-corrected chi connectivity index (χ1v) is 5.81. The Morgan fingerprint density at radius 3 is 2.63 bits per heavy atom. The first-order valence-electron chi connectivity index (χ1n) is 5.81. The van der Waals surface area contributed by atoms with E-state index in [-0.39, 0.29) is 17.9 Å². The first kappa shape index (κ1) is 12.9. The zero-order valence-electron chi connectivity index (χ0n) is 10.4. The van der Waals surface area contributed by atoms with Gasteiger partial charge in [-0.25, -0.2) is 4.79 Å². The van der Waals surface area contributed by atoms with Crippen LogP contribution in [-0.4, -0.2) is 26.0 Å². The van der Waals surface area contributed by atoms with E-state index in [1.807, 2.05) is 6.92 Å². The SMILES string of the molecule is CCn1ncc(C(=O)O)c1COc1ccc(O)cc1. The van der Waals surface area contributed by atoms with Gasteiger partial charge in [0.15, 0.2) is 0 Å². The number of ether oxygens (including phenoxy) is 1. The predicted molar refractivity (Wildman–Crippen MR) is 67.3 cm³/mol. The molecule has 2 N–H and O–H groups in total. The summed E-state index contributed by atoms with van der Waals surface area (Å²) < 4.78 is 7.09. The number of aryl methyl sites for hydroxylation is 1. The number of hydrogen-bond donors (Lipinski definition) is 2. The van der Waals surface area contributed by atoms with Gasteiger partial charge < -0.3 is 14.9 Å². The van der Waals surface area contributed by atoms with Crippen molar-refractivity contribution in [1.82, 2.24) is 9.78 Å². The zero-order chi connectivity index (χ0) is 13.8. The molecule has 0 saturated carbocycles. The van der Waals surface area contributed by atoms with Gasteiger partial charge in [0.05, 0.1) is 11.9 Å². The van der Waals surface area contributed by atoms with Crippen LogP contribution >= 0.6 is 0 Å². The normalized spacial score (nSPS) is 10.4. The van der Waals surface area contributed by atoms with Crippen molar-refractivity contribution in [3.63, 3.8) is 0 Å². The van der Waals surface area contributed by atoms with Gasteiger partial charge in [-0.2, -0.15) is 5.10 Å². The minimum Gasteiger partial charge on any atom is -0.508 e. The molecule has 1 aromatic heterocycles. The Kier molecular flexibility index (Phi) is 3.70. The van der Waals surface area contributed by atoms with E-state index in [9.17, 15) is 4.79 Å². The van der Waals surface area contributed by atoms with Crippen LogP contribution in [0.15, 0.2) is 30.5 Å². The third-order valence-corrected chi connectivity index (χ3v) is 2.69. The number of rotatable bonds is 5. The maximum Gasteiger partial charge on any atom is 0.339 e. The maximum atomic E-state index is 11.1. The molecule has 0 aliphatic heterocycles. The van der Waals surface area contributed by atoms with Crippen LogP contribution in [0.3, 0.4) is 0 Å². The number of aromatic nitrogens is 2. The molecule has 0 bridgehead atoms. The summed E-state index contributed by atoms with van der Waals surface area (Å²) in [5.41, 5.74) is 0.656. The smallest absolute Gasteiger partial charge is 0.339 e. The summed E-state index contributed by atoms with van der Waals surface area (Å²) in [6.07, 6.45) is 1.32. The molecule has 0 fully saturated rings. The van der Waals surface area contributed by atoms with Gasteiger partial charge in [-0.15, -0.1) is 0 Å². The molecule has 2 aromatic rings. The van der Waals surface area contributed by atoms with E-state index in [1.165, 1.54) is 18.3 Å². The monoisotopic (exact) mass is 262 g/mol. The fourth-order valence-corrected chi connectivity index (χ4v) is 1.71. The van der Waals surface area contributed by atoms with Gasteiger partial charge in [-0.3, -0.25) is 4.68 Å². The van der Waals surface area contributed by atoms with Gasteiger partial charge in [0.25, 0.3) is 0 Å². The van der Waals surface area contributed by atoms with Crippen molar-refractivity contribution < 1.29 is 19.7 Å². The number of carboxylic acid groups (broad SMARTS) is 1. The lowest BCUT2D eigenvalue weighted by Gasteiger charge is -2.09. The molecular formula is C13H14N2O4. The molecule has 0 aliphatic carbocycles. The molecular weight excluding hydrogens is 248 g/mol. The average molecular weight is 262 g/mol. The summed E-state index contributed by atoms with van der Waals surface area (Å²) in [7, 11) is 0. The standard InChI is InChI=1S/C13H14N2O4/c1-2-15-12(11(7-14-15)13(17)18)8-19-10-5-3-9(16)4-6-10/h3-7,16H,2,8H2,1H3,(H,17,18). The second-order valence-corrected chi connectivity index (χ2v) is 3.91. The molecule has 0 atom stereocenters. The van der Waals surface area contributed by atoms with Crippen molar-refractivity contribution in [1.29, 1.82) is 0 Å².